The van der Waals surface area contributed by atoms with Crippen LogP contribution in [-0.2, 0) is 16.0 Å². The molecular formula is C17H28ClN3O2. The van der Waals surface area contributed by atoms with Crippen LogP contribution in [0.1, 0.15) is 32.3 Å². The smallest absolute Gasteiger partial charge is 0.239 e. The van der Waals surface area contributed by atoms with Crippen molar-refractivity contribution >= 4 is 24.2 Å². The van der Waals surface area contributed by atoms with E-state index in [1.54, 1.807) is 0 Å². The number of amides is 2. The van der Waals surface area contributed by atoms with Gasteiger partial charge in [-0.15, -0.1) is 12.4 Å². The molecule has 1 aromatic rings. The molecule has 0 saturated heterocycles. The van der Waals surface area contributed by atoms with E-state index < -0.39 is 5.41 Å². The van der Waals surface area contributed by atoms with Crippen LogP contribution in [-0.4, -0.2) is 31.4 Å². The minimum absolute atomic E-state index is 0. The summed E-state index contributed by atoms with van der Waals surface area (Å²) in [5.41, 5.74) is 6.33. The van der Waals surface area contributed by atoms with Gasteiger partial charge in [0.2, 0.25) is 11.8 Å². The molecule has 0 aliphatic carbocycles. The number of nitrogens with one attached hydrogen (secondary N) is 2. The van der Waals surface area contributed by atoms with E-state index in [-0.39, 0.29) is 30.8 Å². The molecule has 6 heteroatoms. The summed E-state index contributed by atoms with van der Waals surface area (Å²) in [4.78, 5) is 24.0. The van der Waals surface area contributed by atoms with E-state index in [1.165, 1.54) is 5.56 Å². The average molecular weight is 342 g/mol. The Morgan fingerprint density at radius 2 is 1.70 bits per heavy atom. The van der Waals surface area contributed by atoms with Crippen LogP contribution < -0.4 is 16.4 Å². The summed E-state index contributed by atoms with van der Waals surface area (Å²) in [5, 5.41) is 5.50. The minimum Gasteiger partial charge on any atom is -0.354 e. The monoisotopic (exact) mass is 341 g/mol. The Balaban J connectivity index is 0.00000484. The highest BCUT2D eigenvalue weighted by atomic mass is 35.5. The molecule has 23 heavy (non-hydrogen) atoms. The molecule has 0 heterocycles. The maximum absolute atomic E-state index is 12.2. The van der Waals surface area contributed by atoms with Gasteiger partial charge in [0.15, 0.2) is 0 Å². The van der Waals surface area contributed by atoms with E-state index in [4.69, 9.17) is 5.73 Å². The number of hydrogen-bond donors (Lipinski definition) is 3. The standard InChI is InChI=1S/C17H27N3O2.ClH/c1-3-17(4-2,13-18)16(22)20-12-15(21)19-11-10-14-8-6-5-7-9-14;/h5-9H,3-4,10-13,18H2,1-2H3,(H,19,21)(H,20,22);1H. The average Bonchev–Trinajstić information content (AvgIpc) is 2.56. The van der Waals surface area contributed by atoms with E-state index >= 15 is 0 Å². The fraction of sp³-hybridized carbons (Fsp3) is 0.529. The van der Waals surface area contributed by atoms with Crippen molar-refractivity contribution in [2.75, 3.05) is 19.6 Å². The number of nitrogens with two attached hydrogens (primary N) is 1. The second-order valence-corrected chi connectivity index (χ2v) is 5.46. The lowest BCUT2D eigenvalue weighted by Gasteiger charge is -2.28. The van der Waals surface area contributed by atoms with Gasteiger partial charge >= 0.3 is 0 Å². The van der Waals surface area contributed by atoms with Crippen LogP contribution in [0.5, 0.6) is 0 Å². The second-order valence-electron chi connectivity index (χ2n) is 5.46. The van der Waals surface area contributed by atoms with Crippen LogP contribution in [0.25, 0.3) is 0 Å². The summed E-state index contributed by atoms with van der Waals surface area (Å²) in [6.45, 7) is 4.73. The third kappa shape index (κ3) is 6.59. The van der Waals surface area contributed by atoms with E-state index in [0.29, 0.717) is 25.9 Å². The molecule has 0 aliphatic rings. The van der Waals surface area contributed by atoms with Gasteiger partial charge in [0.1, 0.15) is 0 Å². The van der Waals surface area contributed by atoms with Crippen molar-refractivity contribution in [2.45, 2.75) is 33.1 Å². The number of hydrogen-bond acceptors (Lipinski definition) is 3. The second kappa shape index (κ2) is 11.0. The van der Waals surface area contributed by atoms with Crippen LogP contribution in [0.2, 0.25) is 0 Å². The first-order valence-electron chi connectivity index (χ1n) is 7.87. The lowest BCUT2D eigenvalue weighted by Crippen LogP contribution is -2.48. The molecule has 1 rings (SSSR count). The SMILES string of the molecule is CCC(CC)(CN)C(=O)NCC(=O)NCCc1ccccc1.Cl. The Bertz CT molecular complexity index is 468. The molecule has 5 nitrogen and oxygen atoms in total. The third-order valence-corrected chi connectivity index (χ3v) is 4.21. The van der Waals surface area contributed by atoms with E-state index in [2.05, 4.69) is 10.6 Å². The van der Waals surface area contributed by atoms with Crippen molar-refractivity contribution in [1.29, 1.82) is 0 Å². The molecule has 0 saturated carbocycles. The first-order valence-corrected chi connectivity index (χ1v) is 7.87. The van der Waals surface area contributed by atoms with Crippen LogP contribution >= 0.6 is 12.4 Å². The summed E-state index contributed by atoms with van der Waals surface area (Å²) >= 11 is 0. The van der Waals surface area contributed by atoms with Crippen molar-refractivity contribution in [1.82, 2.24) is 10.6 Å². The largest absolute Gasteiger partial charge is 0.354 e. The Kier molecular flexibility index (Phi) is 10.3. The lowest BCUT2D eigenvalue weighted by molar-refractivity contribution is -0.133. The van der Waals surface area contributed by atoms with Gasteiger partial charge in [0.05, 0.1) is 12.0 Å². The number of carbonyl (C=O) groups is 2. The highest BCUT2D eigenvalue weighted by molar-refractivity contribution is 5.88. The molecule has 0 spiro atoms. The van der Waals surface area contributed by atoms with Gasteiger partial charge in [0, 0.05) is 13.1 Å². The summed E-state index contributed by atoms with van der Waals surface area (Å²) in [5.74, 6) is -0.319. The topological polar surface area (TPSA) is 84.2 Å². The molecule has 0 aliphatic heterocycles. The van der Waals surface area contributed by atoms with Crippen molar-refractivity contribution in [3.05, 3.63) is 35.9 Å². The van der Waals surface area contributed by atoms with Crippen molar-refractivity contribution in [3.63, 3.8) is 0 Å². The van der Waals surface area contributed by atoms with Gasteiger partial charge in [0.25, 0.3) is 0 Å². The minimum atomic E-state index is -0.565. The fourth-order valence-corrected chi connectivity index (χ4v) is 2.35. The Labute approximate surface area is 144 Å². The van der Waals surface area contributed by atoms with Crippen LogP contribution in [0.4, 0.5) is 0 Å². The molecule has 0 bridgehead atoms. The number of benzene rings is 1. The van der Waals surface area contributed by atoms with Crippen molar-refractivity contribution in [3.8, 4) is 0 Å². The zero-order valence-corrected chi connectivity index (χ0v) is 14.7. The third-order valence-electron chi connectivity index (χ3n) is 4.21. The van der Waals surface area contributed by atoms with Crippen molar-refractivity contribution < 1.29 is 9.59 Å². The van der Waals surface area contributed by atoms with Gasteiger partial charge in [-0.3, -0.25) is 9.59 Å². The maximum atomic E-state index is 12.2. The Morgan fingerprint density at radius 3 is 2.22 bits per heavy atom. The predicted molar refractivity (Wildman–Crippen MR) is 95.5 cm³/mol. The Hall–Kier alpha value is -1.59. The fourth-order valence-electron chi connectivity index (χ4n) is 2.35. The van der Waals surface area contributed by atoms with Crippen molar-refractivity contribution in [2.24, 2.45) is 11.1 Å². The predicted octanol–water partition coefficient (Wildman–Crippen LogP) is 1.65. The molecule has 4 N–H and O–H groups in total. The molecule has 0 radical (unpaired) electrons. The maximum Gasteiger partial charge on any atom is 0.239 e. The number of carbonyl (C=O) groups excluding carboxylic acids is 2. The number of rotatable bonds is 9. The molecule has 1 aromatic carbocycles. The molecule has 0 aromatic heterocycles. The van der Waals surface area contributed by atoms with Gasteiger partial charge in [-0.2, -0.15) is 0 Å². The van der Waals surface area contributed by atoms with Crippen LogP contribution in [0.3, 0.4) is 0 Å². The summed E-state index contributed by atoms with van der Waals surface area (Å²) in [6.07, 6.45) is 2.11. The van der Waals surface area contributed by atoms with Gasteiger partial charge in [-0.1, -0.05) is 44.2 Å². The molecule has 130 valence electrons. The van der Waals surface area contributed by atoms with Gasteiger partial charge in [-0.05, 0) is 24.8 Å². The van der Waals surface area contributed by atoms with Crippen LogP contribution in [0.15, 0.2) is 30.3 Å². The summed E-state index contributed by atoms with van der Waals surface area (Å²) in [6, 6.07) is 9.94. The zero-order chi connectivity index (χ0) is 16.4. The van der Waals surface area contributed by atoms with Crippen LogP contribution in [0, 0.1) is 5.41 Å². The van der Waals surface area contributed by atoms with Gasteiger partial charge < -0.3 is 16.4 Å². The zero-order valence-electron chi connectivity index (χ0n) is 13.9. The normalized spacial score (nSPS) is 10.6. The summed E-state index contributed by atoms with van der Waals surface area (Å²) in [7, 11) is 0. The van der Waals surface area contributed by atoms with E-state index in [0.717, 1.165) is 6.42 Å². The van der Waals surface area contributed by atoms with E-state index in [1.807, 2.05) is 44.2 Å². The quantitative estimate of drug-likeness (QED) is 0.638. The first kappa shape index (κ1) is 21.4. The molecule has 0 atom stereocenters. The van der Waals surface area contributed by atoms with E-state index in [9.17, 15) is 9.59 Å². The lowest BCUT2D eigenvalue weighted by atomic mass is 9.81. The molecule has 0 unspecified atom stereocenters. The molecule has 0 fully saturated rings. The number of halogens is 1. The molecular weight excluding hydrogens is 314 g/mol. The highest BCUT2D eigenvalue weighted by Crippen LogP contribution is 2.24. The summed E-state index contributed by atoms with van der Waals surface area (Å²) < 4.78 is 0. The molecule has 2 amide bonds. The highest BCUT2D eigenvalue weighted by Gasteiger charge is 2.33. The Morgan fingerprint density at radius 1 is 1.09 bits per heavy atom. The first-order chi connectivity index (χ1) is 10.6. The van der Waals surface area contributed by atoms with Gasteiger partial charge in [-0.25, -0.2) is 0 Å².